The third kappa shape index (κ3) is 2.58. The van der Waals surface area contributed by atoms with E-state index in [1.165, 1.54) is 12.7 Å². The number of carbonyl (C=O) groups is 1. The standard InChI is InChI=1S/C11H18O2/c1-8-6-11(2,3)7-9(8)5-10(12)13-4/h5,8H,6-7H2,1-4H3/b9-5+. The first-order valence-corrected chi connectivity index (χ1v) is 4.73. The van der Waals surface area contributed by atoms with Crippen molar-refractivity contribution in [2.75, 3.05) is 7.11 Å². The number of esters is 1. The van der Waals surface area contributed by atoms with Crippen LogP contribution in [0, 0.1) is 11.3 Å². The van der Waals surface area contributed by atoms with Gasteiger partial charge in [-0.05, 0) is 24.2 Å². The second-order valence-electron chi connectivity index (χ2n) is 4.69. The number of allylic oxidation sites excluding steroid dienone is 1. The first-order chi connectivity index (χ1) is 5.94. The largest absolute Gasteiger partial charge is 0.466 e. The molecule has 0 aromatic heterocycles. The molecule has 0 heterocycles. The van der Waals surface area contributed by atoms with E-state index in [2.05, 4.69) is 25.5 Å². The van der Waals surface area contributed by atoms with Gasteiger partial charge in [-0.15, -0.1) is 0 Å². The van der Waals surface area contributed by atoms with Gasteiger partial charge in [0.25, 0.3) is 0 Å². The Balaban J connectivity index is 2.73. The maximum absolute atomic E-state index is 11.0. The van der Waals surface area contributed by atoms with Gasteiger partial charge < -0.3 is 4.74 Å². The highest BCUT2D eigenvalue weighted by molar-refractivity contribution is 5.82. The molecule has 74 valence electrons. The highest BCUT2D eigenvalue weighted by Gasteiger charge is 2.32. The van der Waals surface area contributed by atoms with Crippen LogP contribution in [0.1, 0.15) is 33.6 Å². The van der Waals surface area contributed by atoms with Gasteiger partial charge in [0, 0.05) is 6.08 Å². The van der Waals surface area contributed by atoms with E-state index in [1.54, 1.807) is 6.08 Å². The van der Waals surface area contributed by atoms with Gasteiger partial charge in [0.2, 0.25) is 0 Å². The van der Waals surface area contributed by atoms with Crippen LogP contribution in [-0.4, -0.2) is 13.1 Å². The summed E-state index contributed by atoms with van der Waals surface area (Å²) in [6.07, 6.45) is 3.83. The number of methoxy groups -OCH3 is 1. The zero-order valence-corrected chi connectivity index (χ0v) is 8.89. The number of carbonyl (C=O) groups excluding carboxylic acids is 1. The van der Waals surface area contributed by atoms with E-state index >= 15 is 0 Å². The Morgan fingerprint density at radius 3 is 2.62 bits per heavy atom. The number of hydrogen-bond donors (Lipinski definition) is 0. The van der Waals surface area contributed by atoms with Crippen LogP contribution in [0.3, 0.4) is 0 Å². The minimum Gasteiger partial charge on any atom is -0.466 e. The average molecular weight is 182 g/mol. The topological polar surface area (TPSA) is 26.3 Å². The Morgan fingerprint density at radius 1 is 1.62 bits per heavy atom. The molecule has 0 aromatic rings. The summed E-state index contributed by atoms with van der Waals surface area (Å²) >= 11 is 0. The summed E-state index contributed by atoms with van der Waals surface area (Å²) in [6.45, 7) is 6.65. The summed E-state index contributed by atoms with van der Waals surface area (Å²) in [6, 6.07) is 0. The molecule has 0 saturated heterocycles. The Bertz CT molecular complexity index is 238. The van der Waals surface area contributed by atoms with Crippen molar-refractivity contribution < 1.29 is 9.53 Å². The van der Waals surface area contributed by atoms with Crippen molar-refractivity contribution in [2.24, 2.45) is 11.3 Å². The summed E-state index contributed by atoms with van der Waals surface area (Å²) in [5.41, 5.74) is 1.58. The van der Waals surface area contributed by atoms with Crippen LogP contribution >= 0.6 is 0 Å². The smallest absolute Gasteiger partial charge is 0.330 e. The van der Waals surface area contributed by atoms with Crippen molar-refractivity contribution in [2.45, 2.75) is 33.6 Å². The summed E-state index contributed by atoms with van der Waals surface area (Å²) in [7, 11) is 1.42. The highest BCUT2D eigenvalue weighted by Crippen LogP contribution is 2.44. The van der Waals surface area contributed by atoms with Crippen molar-refractivity contribution in [3.63, 3.8) is 0 Å². The predicted octanol–water partition coefficient (Wildman–Crippen LogP) is 2.54. The van der Waals surface area contributed by atoms with Crippen LogP contribution in [0.25, 0.3) is 0 Å². The lowest BCUT2D eigenvalue weighted by atomic mass is 9.91. The highest BCUT2D eigenvalue weighted by atomic mass is 16.5. The maximum atomic E-state index is 11.0. The van der Waals surface area contributed by atoms with Gasteiger partial charge in [0.05, 0.1) is 7.11 Å². The summed E-state index contributed by atoms with van der Waals surface area (Å²) in [5, 5.41) is 0. The monoisotopic (exact) mass is 182 g/mol. The Hall–Kier alpha value is -0.790. The number of hydrogen-bond acceptors (Lipinski definition) is 2. The van der Waals surface area contributed by atoms with Crippen molar-refractivity contribution in [1.29, 1.82) is 0 Å². The van der Waals surface area contributed by atoms with Gasteiger partial charge in [0.15, 0.2) is 0 Å². The van der Waals surface area contributed by atoms with E-state index in [1.807, 2.05) is 0 Å². The van der Waals surface area contributed by atoms with Crippen molar-refractivity contribution in [3.05, 3.63) is 11.6 Å². The molecule has 13 heavy (non-hydrogen) atoms. The zero-order chi connectivity index (χ0) is 10.1. The van der Waals surface area contributed by atoms with Crippen molar-refractivity contribution in [3.8, 4) is 0 Å². The van der Waals surface area contributed by atoms with Crippen LogP contribution in [0.5, 0.6) is 0 Å². The van der Waals surface area contributed by atoms with Crippen LogP contribution in [0.4, 0.5) is 0 Å². The average Bonchev–Trinajstić information content (AvgIpc) is 2.24. The third-order valence-electron chi connectivity index (χ3n) is 2.68. The molecule has 0 radical (unpaired) electrons. The molecular weight excluding hydrogens is 164 g/mol. The predicted molar refractivity (Wildman–Crippen MR) is 52.3 cm³/mol. The Morgan fingerprint density at radius 2 is 2.23 bits per heavy atom. The van der Waals surface area contributed by atoms with E-state index < -0.39 is 0 Å². The fourth-order valence-electron chi connectivity index (χ4n) is 2.16. The van der Waals surface area contributed by atoms with Gasteiger partial charge in [-0.25, -0.2) is 4.79 Å². The molecule has 2 heteroatoms. The molecule has 1 rings (SSSR count). The van der Waals surface area contributed by atoms with Crippen LogP contribution in [0.15, 0.2) is 11.6 Å². The van der Waals surface area contributed by atoms with E-state index in [0.717, 1.165) is 12.8 Å². The summed E-state index contributed by atoms with van der Waals surface area (Å²) in [5.74, 6) is 0.300. The first-order valence-electron chi connectivity index (χ1n) is 4.73. The second kappa shape index (κ2) is 3.52. The molecule has 0 aromatic carbocycles. The molecule has 2 nitrogen and oxygen atoms in total. The summed E-state index contributed by atoms with van der Waals surface area (Å²) in [4.78, 5) is 11.0. The Labute approximate surface area is 80.0 Å². The SMILES string of the molecule is COC(=O)/C=C1\CC(C)(C)CC1C. The fraction of sp³-hybridized carbons (Fsp3) is 0.727. The summed E-state index contributed by atoms with van der Waals surface area (Å²) < 4.78 is 4.61. The van der Waals surface area contributed by atoms with Gasteiger partial charge in [-0.1, -0.05) is 26.3 Å². The lowest BCUT2D eigenvalue weighted by molar-refractivity contribution is -0.134. The maximum Gasteiger partial charge on any atom is 0.330 e. The minimum absolute atomic E-state index is 0.223. The fourth-order valence-corrected chi connectivity index (χ4v) is 2.16. The van der Waals surface area contributed by atoms with Gasteiger partial charge in [-0.2, -0.15) is 0 Å². The van der Waals surface area contributed by atoms with E-state index in [-0.39, 0.29) is 5.97 Å². The molecule has 0 spiro atoms. The molecule has 1 aliphatic carbocycles. The molecular formula is C11H18O2. The Kier molecular flexibility index (Phi) is 2.79. The minimum atomic E-state index is -0.223. The van der Waals surface area contributed by atoms with E-state index in [9.17, 15) is 4.79 Å². The molecule has 0 amide bonds. The lowest BCUT2D eigenvalue weighted by Crippen LogP contribution is -2.03. The molecule has 0 N–H and O–H groups in total. The first kappa shape index (κ1) is 10.3. The van der Waals surface area contributed by atoms with Crippen LogP contribution in [0.2, 0.25) is 0 Å². The van der Waals surface area contributed by atoms with Crippen LogP contribution in [-0.2, 0) is 9.53 Å². The van der Waals surface area contributed by atoms with E-state index in [4.69, 9.17) is 0 Å². The van der Waals surface area contributed by atoms with Crippen molar-refractivity contribution >= 4 is 5.97 Å². The molecule has 1 fully saturated rings. The molecule has 1 aliphatic rings. The molecule has 1 unspecified atom stereocenters. The van der Waals surface area contributed by atoms with Gasteiger partial charge >= 0.3 is 5.97 Å². The number of ether oxygens (including phenoxy) is 1. The molecule has 1 atom stereocenters. The quantitative estimate of drug-likeness (QED) is 0.460. The second-order valence-corrected chi connectivity index (χ2v) is 4.69. The number of rotatable bonds is 1. The van der Waals surface area contributed by atoms with Crippen molar-refractivity contribution in [1.82, 2.24) is 0 Å². The van der Waals surface area contributed by atoms with Gasteiger partial charge in [-0.3, -0.25) is 0 Å². The zero-order valence-electron chi connectivity index (χ0n) is 8.89. The van der Waals surface area contributed by atoms with Gasteiger partial charge in [0.1, 0.15) is 0 Å². The lowest BCUT2D eigenvalue weighted by Gasteiger charge is -2.14. The molecule has 0 aliphatic heterocycles. The van der Waals surface area contributed by atoms with E-state index in [0.29, 0.717) is 11.3 Å². The molecule has 1 saturated carbocycles. The van der Waals surface area contributed by atoms with Crippen LogP contribution < -0.4 is 0 Å². The third-order valence-corrected chi connectivity index (χ3v) is 2.68. The molecule has 0 bridgehead atoms. The normalized spacial score (nSPS) is 29.2.